The van der Waals surface area contributed by atoms with Crippen molar-refractivity contribution in [3.63, 3.8) is 0 Å². The molecule has 0 unspecified atom stereocenters. The first kappa shape index (κ1) is 20.3. The minimum absolute atomic E-state index is 0.00542. The van der Waals surface area contributed by atoms with Gasteiger partial charge in [-0.05, 0) is 32.0 Å². The minimum Gasteiger partial charge on any atom is -0.495 e. The Hall–Kier alpha value is -1.99. The van der Waals surface area contributed by atoms with Crippen LogP contribution in [0.2, 0.25) is 5.02 Å². The van der Waals surface area contributed by atoms with E-state index in [9.17, 15) is 9.59 Å². The summed E-state index contributed by atoms with van der Waals surface area (Å²) in [6.07, 6.45) is 3.13. The summed E-state index contributed by atoms with van der Waals surface area (Å²) in [5.41, 5.74) is 0.426. The number of carbonyl (C=O) groups excluding carboxylic acids is 2. The van der Waals surface area contributed by atoms with Gasteiger partial charge in [0.2, 0.25) is 5.91 Å². The fourth-order valence-corrected chi connectivity index (χ4v) is 3.27. The summed E-state index contributed by atoms with van der Waals surface area (Å²) in [6.45, 7) is 1.55. The molecule has 1 aromatic carbocycles. The van der Waals surface area contributed by atoms with Crippen LogP contribution >= 0.6 is 11.6 Å². The molecule has 0 aliphatic carbocycles. The number of rotatable bonds is 7. The Bertz CT molecular complexity index is 647. The summed E-state index contributed by atoms with van der Waals surface area (Å²) in [7, 11) is 4.32. The van der Waals surface area contributed by atoms with Crippen molar-refractivity contribution < 1.29 is 23.8 Å². The molecule has 0 spiro atoms. The number of esters is 1. The van der Waals surface area contributed by atoms with E-state index in [1.807, 2.05) is 4.90 Å². The summed E-state index contributed by atoms with van der Waals surface area (Å²) < 4.78 is 15.2. The van der Waals surface area contributed by atoms with Gasteiger partial charge in [0.05, 0.1) is 38.5 Å². The quantitative estimate of drug-likeness (QED) is 0.728. The predicted octanol–water partition coefficient (Wildman–Crippen LogP) is 2.71. The molecule has 1 aromatic rings. The normalized spacial score (nSPS) is 15.8. The summed E-state index contributed by atoms with van der Waals surface area (Å²) >= 11 is 6.16. The maximum Gasteiger partial charge on any atom is 0.307 e. The van der Waals surface area contributed by atoms with Crippen LogP contribution < -0.4 is 14.8 Å². The van der Waals surface area contributed by atoms with E-state index in [-0.39, 0.29) is 12.3 Å². The Morgan fingerprint density at radius 1 is 1.12 bits per heavy atom. The third kappa shape index (κ3) is 5.02. The second-order valence-corrected chi connectivity index (χ2v) is 6.48. The second kappa shape index (κ2) is 9.64. The van der Waals surface area contributed by atoms with Crippen molar-refractivity contribution in [1.29, 1.82) is 0 Å². The van der Waals surface area contributed by atoms with Crippen LogP contribution in [0.15, 0.2) is 12.1 Å². The fourth-order valence-electron chi connectivity index (χ4n) is 3.03. The van der Waals surface area contributed by atoms with Gasteiger partial charge in [0.1, 0.15) is 17.5 Å². The number of hydrogen-bond donors (Lipinski definition) is 1. The monoisotopic (exact) mass is 384 g/mol. The number of likely N-dealkylation sites (tertiary alicyclic amines) is 1. The molecule has 1 atom stereocenters. The number of carbonyl (C=O) groups is 2. The first-order chi connectivity index (χ1) is 12.5. The summed E-state index contributed by atoms with van der Waals surface area (Å²) in [6, 6.07) is 2.57. The molecule has 144 valence electrons. The Morgan fingerprint density at radius 2 is 1.77 bits per heavy atom. The van der Waals surface area contributed by atoms with Crippen LogP contribution in [0.5, 0.6) is 11.5 Å². The molecule has 1 fully saturated rings. The van der Waals surface area contributed by atoms with Gasteiger partial charge in [-0.2, -0.15) is 0 Å². The Kier molecular flexibility index (Phi) is 7.53. The van der Waals surface area contributed by atoms with E-state index in [0.717, 1.165) is 32.4 Å². The number of halogens is 1. The highest BCUT2D eigenvalue weighted by molar-refractivity contribution is 6.32. The minimum atomic E-state index is -0.603. The average molecular weight is 385 g/mol. The van der Waals surface area contributed by atoms with Gasteiger partial charge in [-0.3, -0.25) is 14.5 Å². The molecular weight excluding hydrogens is 360 g/mol. The molecule has 26 heavy (non-hydrogen) atoms. The Labute approximate surface area is 158 Å². The lowest BCUT2D eigenvalue weighted by Gasteiger charge is -2.33. The van der Waals surface area contributed by atoms with Crippen LogP contribution in [0.25, 0.3) is 0 Å². The van der Waals surface area contributed by atoms with Crippen molar-refractivity contribution in [2.45, 2.75) is 31.7 Å². The smallest absolute Gasteiger partial charge is 0.307 e. The van der Waals surface area contributed by atoms with Crippen LogP contribution in [0, 0.1) is 0 Å². The topological polar surface area (TPSA) is 77.1 Å². The number of nitrogens with zero attached hydrogens (tertiary/aromatic N) is 1. The summed E-state index contributed by atoms with van der Waals surface area (Å²) in [5.74, 6) is 0.158. The van der Waals surface area contributed by atoms with Gasteiger partial charge in [0.15, 0.2) is 0 Å². The standard InChI is InChI=1S/C18H25ClN2O5/c1-24-15-11-16(25-2)13(9-12(15)19)20-18(23)14(10-17(22)26-3)21-7-5-4-6-8-21/h9,11,14H,4-8,10H2,1-3H3,(H,20,23)/t14-/m0/s1. The first-order valence-corrected chi connectivity index (χ1v) is 8.91. The Morgan fingerprint density at radius 3 is 2.35 bits per heavy atom. The molecule has 1 N–H and O–H groups in total. The van der Waals surface area contributed by atoms with Gasteiger partial charge in [-0.25, -0.2) is 0 Å². The molecule has 8 heteroatoms. The highest BCUT2D eigenvalue weighted by atomic mass is 35.5. The zero-order valence-corrected chi connectivity index (χ0v) is 16.1. The third-order valence-corrected chi connectivity index (χ3v) is 4.75. The number of anilines is 1. The van der Waals surface area contributed by atoms with E-state index in [1.54, 1.807) is 12.1 Å². The molecule has 7 nitrogen and oxygen atoms in total. The van der Waals surface area contributed by atoms with Crippen molar-refractivity contribution in [3.8, 4) is 11.5 Å². The highest BCUT2D eigenvalue weighted by Crippen LogP contribution is 2.36. The van der Waals surface area contributed by atoms with Crippen LogP contribution in [0.3, 0.4) is 0 Å². The number of piperidine rings is 1. The number of methoxy groups -OCH3 is 3. The molecule has 2 rings (SSSR count). The fraction of sp³-hybridized carbons (Fsp3) is 0.556. The second-order valence-electron chi connectivity index (χ2n) is 6.07. The van der Waals surface area contributed by atoms with E-state index in [0.29, 0.717) is 22.2 Å². The van der Waals surface area contributed by atoms with Crippen LogP contribution in [-0.4, -0.2) is 57.2 Å². The van der Waals surface area contributed by atoms with E-state index < -0.39 is 12.0 Å². The van der Waals surface area contributed by atoms with Gasteiger partial charge in [-0.15, -0.1) is 0 Å². The molecule has 0 saturated carbocycles. The maximum atomic E-state index is 12.9. The average Bonchev–Trinajstić information content (AvgIpc) is 2.66. The van der Waals surface area contributed by atoms with Crippen LogP contribution in [-0.2, 0) is 14.3 Å². The number of hydrogen-bond acceptors (Lipinski definition) is 6. The SMILES string of the molecule is COC(=O)C[C@@H](C(=O)Nc1cc(Cl)c(OC)cc1OC)N1CCCCC1. The third-order valence-electron chi connectivity index (χ3n) is 4.45. The number of ether oxygens (including phenoxy) is 3. The summed E-state index contributed by atoms with van der Waals surface area (Å²) in [5, 5.41) is 3.18. The molecule has 1 aliphatic rings. The first-order valence-electron chi connectivity index (χ1n) is 8.53. The van der Waals surface area contributed by atoms with Crippen molar-refractivity contribution in [2.24, 2.45) is 0 Å². The number of benzene rings is 1. The number of amides is 1. The zero-order valence-electron chi connectivity index (χ0n) is 15.3. The summed E-state index contributed by atoms with van der Waals surface area (Å²) in [4.78, 5) is 26.7. The van der Waals surface area contributed by atoms with Crippen LogP contribution in [0.1, 0.15) is 25.7 Å². The van der Waals surface area contributed by atoms with Crippen molar-refractivity contribution in [2.75, 3.05) is 39.7 Å². The molecule has 1 saturated heterocycles. The highest BCUT2D eigenvalue weighted by Gasteiger charge is 2.30. The van der Waals surface area contributed by atoms with Gasteiger partial charge in [0.25, 0.3) is 0 Å². The Balaban J connectivity index is 2.22. The van der Waals surface area contributed by atoms with Gasteiger partial charge in [0, 0.05) is 6.07 Å². The largest absolute Gasteiger partial charge is 0.495 e. The predicted molar refractivity (Wildman–Crippen MR) is 99.0 cm³/mol. The lowest BCUT2D eigenvalue weighted by molar-refractivity contribution is -0.144. The van der Waals surface area contributed by atoms with E-state index >= 15 is 0 Å². The molecule has 1 aliphatic heterocycles. The molecular formula is C18H25ClN2O5. The van der Waals surface area contributed by atoms with Crippen molar-refractivity contribution in [1.82, 2.24) is 4.90 Å². The lowest BCUT2D eigenvalue weighted by atomic mass is 10.1. The molecule has 0 aromatic heterocycles. The van der Waals surface area contributed by atoms with Gasteiger partial charge < -0.3 is 19.5 Å². The van der Waals surface area contributed by atoms with Crippen molar-refractivity contribution >= 4 is 29.2 Å². The number of nitrogens with one attached hydrogen (secondary N) is 1. The molecule has 1 amide bonds. The zero-order chi connectivity index (χ0) is 19.1. The maximum absolute atomic E-state index is 12.9. The van der Waals surface area contributed by atoms with E-state index in [1.165, 1.54) is 21.3 Å². The van der Waals surface area contributed by atoms with E-state index in [4.69, 9.17) is 25.8 Å². The van der Waals surface area contributed by atoms with Crippen LogP contribution in [0.4, 0.5) is 5.69 Å². The van der Waals surface area contributed by atoms with Gasteiger partial charge >= 0.3 is 5.97 Å². The molecule has 1 heterocycles. The van der Waals surface area contributed by atoms with Crippen molar-refractivity contribution in [3.05, 3.63) is 17.2 Å². The van der Waals surface area contributed by atoms with E-state index in [2.05, 4.69) is 5.32 Å². The lowest BCUT2D eigenvalue weighted by Crippen LogP contribution is -2.47. The molecule has 0 radical (unpaired) electrons. The van der Waals surface area contributed by atoms with Gasteiger partial charge in [-0.1, -0.05) is 18.0 Å². The molecule has 0 bridgehead atoms.